The summed E-state index contributed by atoms with van der Waals surface area (Å²) in [5.41, 5.74) is -2.30. The van der Waals surface area contributed by atoms with Crippen molar-refractivity contribution in [2.24, 2.45) is 0 Å². The van der Waals surface area contributed by atoms with Crippen molar-refractivity contribution in [3.8, 4) is 0 Å². The van der Waals surface area contributed by atoms with Gasteiger partial charge in [-0.1, -0.05) is 12.1 Å². The molecule has 0 radical (unpaired) electrons. The molecule has 1 fully saturated rings. The Hall–Kier alpha value is -1.38. The second kappa shape index (κ2) is 6.17. The molecular formula is C16H19BF4O3. The molecule has 1 saturated heterocycles. The average Bonchev–Trinajstić information content (AvgIpc) is 2.65. The van der Waals surface area contributed by atoms with E-state index in [1.54, 1.807) is 0 Å². The van der Waals surface area contributed by atoms with Crippen LogP contribution in [0.5, 0.6) is 0 Å². The van der Waals surface area contributed by atoms with Crippen molar-refractivity contribution in [3.63, 3.8) is 0 Å². The quantitative estimate of drug-likeness (QED) is 0.667. The highest BCUT2D eigenvalue weighted by atomic mass is 19.4. The van der Waals surface area contributed by atoms with Crippen molar-refractivity contribution in [3.05, 3.63) is 40.6 Å². The minimum atomic E-state index is -4.79. The van der Waals surface area contributed by atoms with Crippen molar-refractivity contribution >= 4 is 13.2 Å². The highest BCUT2D eigenvalue weighted by Crippen LogP contribution is 2.39. The Labute approximate surface area is 138 Å². The number of benzene rings is 1. The maximum Gasteiger partial charge on any atom is 0.492 e. The molecule has 0 bridgehead atoms. The fraction of sp³-hybridized carbons (Fsp3) is 0.500. The highest BCUT2D eigenvalue weighted by molar-refractivity contribution is 6.55. The van der Waals surface area contributed by atoms with Crippen LogP contribution in [0.2, 0.25) is 0 Å². The highest BCUT2D eigenvalue weighted by Gasteiger charge is 2.52. The first kappa shape index (κ1) is 19.0. The van der Waals surface area contributed by atoms with Gasteiger partial charge in [0.25, 0.3) is 0 Å². The van der Waals surface area contributed by atoms with E-state index < -0.39 is 42.5 Å². The van der Waals surface area contributed by atoms with Crippen LogP contribution in [0, 0.1) is 5.82 Å². The fourth-order valence-corrected chi connectivity index (χ4v) is 2.25. The number of hydrogen-bond acceptors (Lipinski definition) is 3. The molecule has 1 aliphatic heterocycles. The van der Waals surface area contributed by atoms with E-state index in [-0.39, 0.29) is 11.0 Å². The van der Waals surface area contributed by atoms with Crippen LogP contribution in [0.3, 0.4) is 0 Å². The van der Waals surface area contributed by atoms with Gasteiger partial charge < -0.3 is 14.4 Å². The Morgan fingerprint density at radius 3 is 2.17 bits per heavy atom. The van der Waals surface area contributed by atoms with E-state index in [9.17, 15) is 22.7 Å². The molecule has 132 valence electrons. The largest absolute Gasteiger partial charge is 0.492 e. The number of halogens is 4. The molecule has 0 atom stereocenters. The van der Waals surface area contributed by atoms with E-state index in [4.69, 9.17) is 9.31 Å². The molecule has 0 spiro atoms. The SMILES string of the molecule is CC1(C)OB(C(=Cc2ccc(F)c(C(F)(F)F)c2)CO)OC1(C)C. The summed E-state index contributed by atoms with van der Waals surface area (Å²) in [6, 6.07) is 2.63. The van der Waals surface area contributed by atoms with Gasteiger partial charge in [-0.05, 0) is 50.9 Å². The van der Waals surface area contributed by atoms with E-state index in [0.717, 1.165) is 6.07 Å². The second-order valence-corrected chi connectivity index (χ2v) is 6.70. The van der Waals surface area contributed by atoms with Gasteiger partial charge in [-0.25, -0.2) is 4.39 Å². The minimum absolute atomic E-state index is 0.0995. The standard InChI is InChI=1S/C16H19BF4O3/c1-14(2)15(3,4)24-17(23-14)11(9-22)7-10-5-6-13(18)12(8-10)16(19,20)21/h5-8,22H,9H2,1-4H3. The summed E-state index contributed by atoms with van der Waals surface area (Å²) >= 11 is 0. The Balaban J connectivity index is 2.36. The summed E-state index contributed by atoms with van der Waals surface area (Å²) in [5.74, 6) is -1.35. The molecule has 1 aromatic carbocycles. The topological polar surface area (TPSA) is 38.7 Å². The molecule has 1 heterocycles. The summed E-state index contributed by atoms with van der Waals surface area (Å²) in [6.07, 6.45) is -3.48. The summed E-state index contributed by atoms with van der Waals surface area (Å²) in [5, 5.41) is 9.55. The van der Waals surface area contributed by atoms with Gasteiger partial charge in [0.1, 0.15) is 5.82 Å². The predicted octanol–water partition coefficient (Wildman–Crippen LogP) is 3.85. The molecule has 3 nitrogen and oxygen atoms in total. The van der Waals surface area contributed by atoms with E-state index in [2.05, 4.69) is 0 Å². The Kier molecular flexibility index (Phi) is 4.87. The maximum atomic E-state index is 13.3. The smallest absolute Gasteiger partial charge is 0.400 e. The first-order chi connectivity index (χ1) is 10.9. The maximum absolute atomic E-state index is 13.3. The van der Waals surface area contributed by atoms with Crippen LogP contribution in [-0.4, -0.2) is 30.0 Å². The number of aliphatic hydroxyl groups excluding tert-OH is 1. The third-order valence-corrected chi connectivity index (χ3v) is 4.39. The Morgan fingerprint density at radius 2 is 1.71 bits per heavy atom. The molecule has 1 N–H and O–H groups in total. The van der Waals surface area contributed by atoms with Crippen LogP contribution in [0.15, 0.2) is 23.7 Å². The van der Waals surface area contributed by atoms with Gasteiger partial charge in [-0.2, -0.15) is 13.2 Å². The van der Waals surface area contributed by atoms with Crippen LogP contribution >= 0.6 is 0 Å². The number of rotatable bonds is 3. The number of hydrogen-bond donors (Lipinski definition) is 1. The summed E-state index contributed by atoms with van der Waals surface area (Å²) in [7, 11) is -0.889. The zero-order chi connectivity index (χ0) is 18.3. The first-order valence-corrected chi connectivity index (χ1v) is 7.41. The normalized spacial score (nSPS) is 20.5. The van der Waals surface area contributed by atoms with E-state index in [1.165, 1.54) is 12.1 Å². The van der Waals surface area contributed by atoms with Crippen LogP contribution < -0.4 is 0 Å². The zero-order valence-corrected chi connectivity index (χ0v) is 13.9. The van der Waals surface area contributed by atoms with Gasteiger partial charge in [0.05, 0.1) is 23.4 Å². The van der Waals surface area contributed by atoms with E-state index in [1.807, 2.05) is 27.7 Å². The first-order valence-electron chi connectivity index (χ1n) is 7.41. The van der Waals surface area contributed by atoms with Gasteiger partial charge in [-0.3, -0.25) is 0 Å². The molecule has 0 unspecified atom stereocenters. The van der Waals surface area contributed by atoms with Crippen molar-refractivity contribution in [2.75, 3.05) is 6.61 Å². The monoisotopic (exact) mass is 346 g/mol. The van der Waals surface area contributed by atoms with Crippen molar-refractivity contribution < 1.29 is 32.0 Å². The Bertz CT molecular complexity index is 637. The van der Waals surface area contributed by atoms with Crippen molar-refractivity contribution in [2.45, 2.75) is 45.1 Å². The molecule has 24 heavy (non-hydrogen) atoms. The van der Waals surface area contributed by atoms with Gasteiger partial charge in [0, 0.05) is 0 Å². The third-order valence-electron chi connectivity index (χ3n) is 4.39. The van der Waals surface area contributed by atoms with Gasteiger partial charge in [0.2, 0.25) is 0 Å². The molecule has 0 aromatic heterocycles. The molecule has 0 amide bonds. The molecular weight excluding hydrogens is 327 g/mol. The van der Waals surface area contributed by atoms with Crippen LogP contribution in [0.4, 0.5) is 17.6 Å². The van der Waals surface area contributed by atoms with Crippen LogP contribution in [0.1, 0.15) is 38.8 Å². The second-order valence-electron chi connectivity index (χ2n) is 6.70. The summed E-state index contributed by atoms with van der Waals surface area (Å²) in [6.45, 7) is 6.82. The lowest BCUT2D eigenvalue weighted by molar-refractivity contribution is -0.140. The summed E-state index contributed by atoms with van der Waals surface area (Å²) < 4.78 is 63.3. The molecule has 8 heteroatoms. The zero-order valence-electron chi connectivity index (χ0n) is 13.9. The molecule has 0 aliphatic carbocycles. The summed E-state index contributed by atoms with van der Waals surface area (Å²) in [4.78, 5) is 0. The van der Waals surface area contributed by atoms with Crippen molar-refractivity contribution in [1.82, 2.24) is 0 Å². The molecule has 1 aromatic rings. The molecule has 1 aliphatic rings. The lowest BCUT2D eigenvalue weighted by atomic mass is 9.77. The molecule has 2 rings (SSSR count). The Morgan fingerprint density at radius 1 is 1.17 bits per heavy atom. The third kappa shape index (κ3) is 3.65. The van der Waals surface area contributed by atoms with Crippen LogP contribution in [0.25, 0.3) is 6.08 Å². The minimum Gasteiger partial charge on any atom is -0.400 e. The molecule has 0 saturated carbocycles. The number of aliphatic hydroxyl groups is 1. The lowest BCUT2D eigenvalue weighted by Crippen LogP contribution is -2.41. The van der Waals surface area contributed by atoms with Crippen molar-refractivity contribution in [1.29, 1.82) is 0 Å². The van der Waals surface area contributed by atoms with E-state index in [0.29, 0.717) is 6.07 Å². The average molecular weight is 346 g/mol. The predicted molar refractivity (Wildman–Crippen MR) is 82.5 cm³/mol. The van der Waals surface area contributed by atoms with Gasteiger partial charge in [0.15, 0.2) is 0 Å². The fourth-order valence-electron chi connectivity index (χ4n) is 2.25. The number of alkyl halides is 3. The van der Waals surface area contributed by atoms with Gasteiger partial charge in [-0.15, -0.1) is 0 Å². The van der Waals surface area contributed by atoms with E-state index >= 15 is 0 Å². The van der Waals surface area contributed by atoms with Crippen LogP contribution in [-0.2, 0) is 15.5 Å². The van der Waals surface area contributed by atoms with Gasteiger partial charge >= 0.3 is 13.3 Å². The lowest BCUT2D eigenvalue weighted by Gasteiger charge is -2.32.